The molecule has 3 amide bonds. The van der Waals surface area contributed by atoms with E-state index in [1.165, 1.54) is 22.3 Å². The second kappa shape index (κ2) is 6.53. The number of benzene rings is 1. The smallest absolute Gasteiger partial charge is 0.329 e. The number of hydrogen-bond donors (Lipinski definition) is 2. The van der Waals surface area contributed by atoms with Gasteiger partial charge in [-0.25, -0.2) is 4.79 Å². The molecule has 130 valence electrons. The number of nitrogens with one attached hydrogen (secondary N) is 1. The fraction of sp³-hybridized carbons (Fsp3) is 0.0526. The molecule has 1 saturated heterocycles. The first-order chi connectivity index (χ1) is 12.6. The van der Waals surface area contributed by atoms with E-state index < -0.39 is 6.03 Å². The molecule has 1 fully saturated rings. The normalized spacial score (nSPS) is 15.7. The van der Waals surface area contributed by atoms with Gasteiger partial charge in [0.05, 0.1) is 6.54 Å². The van der Waals surface area contributed by atoms with E-state index in [1.807, 2.05) is 35.7 Å². The minimum atomic E-state index is -0.431. The molecule has 1 aliphatic heterocycles. The Hall–Kier alpha value is -3.32. The first kappa shape index (κ1) is 16.2. The lowest BCUT2D eigenvalue weighted by Gasteiger charge is -2.09. The lowest BCUT2D eigenvalue weighted by Crippen LogP contribution is -2.29. The van der Waals surface area contributed by atoms with Gasteiger partial charge < -0.3 is 15.5 Å². The monoisotopic (exact) mass is 365 g/mol. The molecule has 0 saturated carbocycles. The number of carbonyl (C=O) groups excluding carboxylic acids is 2. The van der Waals surface area contributed by atoms with E-state index in [-0.39, 0.29) is 18.1 Å². The Balaban J connectivity index is 1.54. The van der Waals surface area contributed by atoms with Crippen molar-refractivity contribution in [3.8, 4) is 11.3 Å². The van der Waals surface area contributed by atoms with E-state index in [0.29, 0.717) is 17.2 Å². The van der Waals surface area contributed by atoms with Crippen LogP contribution in [0.5, 0.6) is 0 Å². The molecule has 4 rings (SSSR count). The number of hydrogen-bond acceptors (Lipinski definition) is 5. The molecular weight excluding hydrogens is 350 g/mol. The van der Waals surface area contributed by atoms with E-state index in [9.17, 15) is 9.59 Å². The largest absolute Gasteiger partial charge is 0.457 e. The maximum atomic E-state index is 12.5. The first-order valence-electron chi connectivity index (χ1n) is 7.93. The average Bonchev–Trinajstić information content (AvgIpc) is 3.35. The minimum Gasteiger partial charge on any atom is -0.457 e. The van der Waals surface area contributed by atoms with Gasteiger partial charge in [-0.15, -0.1) is 11.3 Å². The summed E-state index contributed by atoms with van der Waals surface area (Å²) in [6.45, 7) is 0.258. The zero-order chi connectivity index (χ0) is 18.1. The number of imide groups is 1. The SMILES string of the molecule is Nc1ccc(-c2ccc(/C=C3/NC(=O)N(Cc4cccs4)C3=O)o2)cc1. The Morgan fingerprint density at radius 3 is 2.65 bits per heavy atom. The number of furan rings is 1. The van der Waals surface area contributed by atoms with Crippen LogP contribution in [-0.4, -0.2) is 16.8 Å². The number of carbonyl (C=O) groups is 2. The predicted octanol–water partition coefficient (Wildman–Crippen LogP) is 3.68. The average molecular weight is 365 g/mol. The molecule has 3 aromatic rings. The zero-order valence-electron chi connectivity index (χ0n) is 13.6. The Morgan fingerprint density at radius 2 is 1.92 bits per heavy atom. The highest BCUT2D eigenvalue weighted by Crippen LogP contribution is 2.25. The van der Waals surface area contributed by atoms with Crippen molar-refractivity contribution >= 4 is 35.0 Å². The van der Waals surface area contributed by atoms with E-state index in [2.05, 4.69) is 5.32 Å². The summed E-state index contributed by atoms with van der Waals surface area (Å²) in [7, 11) is 0. The van der Waals surface area contributed by atoms with Crippen LogP contribution >= 0.6 is 11.3 Å². The molecule has 2 aromatic heterocycles. The maximum Gasteiger partial charge on any atom is 0.329 e. The Kier molecular flexibility index (Phi) is 4.06. The second-order valence-electron chi connectivity index (χ2n) is 5.78. The Labute approximate surface area is 153 Å². The minimum absolute atomic E-state index is 0.199. The van der Waals surface area contributed by atoms with Gasteiger partial charge in [-0.05, 0) is 47.8 Å². The zero-order valence-corrected chi connectivity index (χ0v) is 14.5. The van der Waals surface area contributed by atoms with Gasteiger partial charge in [-0.1, -0.05) is 6.07 Å². The molecule has 0 spiro atoms. The summed E-state index contributed by atoms with van der Waals surface area (Å²) in [6, 6.07) is 14.2. The molecule has 1 aliphatic rings. The van der Waals surface area contributed by atoms with Crippen molar-refractivity contribution in [3.05, 3.63) is 70.2 Å². The van der Waals surface area contributed by atoms with Gasteiger partial charge in [0.2, 0.25) is 0 Å². The number of nitrogens with zero attached hydrogens (tertiary/aromatic N) is 1. The molecule has 3 N–H and O–H groups in total. The van der Waals surface area contributed by atoms with E-state index >= 15 is 0 Å². The molecular formula is C19H15N3O3S. The summed E-state index contributed by atoms with van der Waals surface area (Å²) in [5, 5.41) is 4.51. The van der Waals surface area contributed by atoms with Gasteiger partial charge in [0.1, 0.15) is 17.2 Å². The topological polar surface area (TPSA) is 88.6 Å². The van der Waals surface area contributed by atoms with Crippen molar-refractivity contribution in [2.24, 2.45) is 0 Å². The molecule has 26 heavy (non-hydrogen) atoms. The molecule has 0 aliphatic carbocycles. The number of thiophene rings is 1. The van der Waals surface area contributed by atoms with Gasteiger partial charge in [0.15, 0.2) is 0 Å². The summed E-state index contributed by atoms with van der Waals surface area (Å²) in [6.07, 6.45) is 1.54. The van der Waals surface area contributed by atoms with Crippen LogP contribution in [0.2, 0.25) is 0 Å². The summed E-state index contributed by atoms with van der Waals surface area (Å²) >= 11 is 1.50. The van der Waals surface area contributed by atoms with E-state index in [1.54, 1.807) is 18.2 Å². The molecule has 0 bridgehead atoms. The quantitative estimate of drug-likeness (QED) is 0.419. The van der Waals surface area contributed by atoms with Gasteiger partial charge in [0.25, 0.3) is 5.91 Å². The van der Waals surface area contributed by atoms with Gasteiger partial charge in [0, 0.05) is 22.2 Å². The third kappa shape index (κ3) is 3.12. The molecule has 1 aromatic carbocycles. The van der Waals surface area contributed by atoms with E-state index in [0.717, 1.165) is 10.4 Å². The van der Waals surface area contributed by atoms with Crippen molar-refractivity contribution < 1.29 is 14.0 Å². The van der Waals surface area contributed by atoms with E-state index in [4.69, 9.17) is 10.2 Å². The summed E-state index contributed by atoms with van der Waals surface area (Å²) < 4.78 is 5.76. The third-order valence-electron chi connectivity index (χ3n) is 3.96. The van der Waals surface area contributed by atoms with Crippen molar-refractivity contribution in [1.82, 2.24) is 10.2 Å². The molecule has 6 nitrogen and oxygen atoms in total. The van der Waals surface area contributed by atoms with Gasteiger partial charge in [-0.3, -0.25) is 9.69 Å². The Morgan fingerprint density at radius 1 is 1.12 bits per heavy atom. The number of anilines is 1. The number of urea groups is 1. The molecule has 7 heteroatoms. The fourth-order valence-corrected chi connectivity index (χ4v) is 3.34. The number of nitrogen functional groups attached to an aromatic ring is 1. The Bertz CT molecular complexity index is 987. The highest BCUT2D eigenvalue weighted by molar-refractivity contribution is 7.09. The van der Waals surface area contributed by atoms with Gasteiger partial charge in [-0.2, -0.15) is 0 Å². The predicted molar refractivity (Wildman–Crippen MR) is 99.9 cm³/mol. The summed E-state index contributed by atoms with van der Waals surface area (Å²) in [4.78, 5) is 26.7. The second-order valence-corrected chi connectivity index (χ2v) is 6.82. The van der Waals surface area contributed by atoms with Crippen LogP contribution in [0.4, 0.5) is 10.5 Å². The highest BCUT2D eigenvalue weighted by Gasteiger charge is 2.33. The number of nitrogens with two attached hydrogens (primary N) is 1. The number of amides is 3. The molecule has 0 radical (unpaired) electrons. The summed E-state index contributed by atoms with van der Waals surface area (Å²) in [5.41, 5.74) is 7.44. The van der Waals surface area contributed by atoms with Crippen molar-refractivity contribution in [2.45, 2.75) is 6.54 Å². The molecule has 3 heterocycles. The van der Waals surface area contributed by atoms with Crippen LogP contribution in [0.15, 0.2) is 64.0 Å². The third-order valence-corrected chi connectivity index (χ3v) is 4.83. The molecule has 0 atom stereocenters. The molecule has 0 unspecified atom stereocenters. The fourth-order valence-electron chi connectivity index (χ4n) is 2.65. The number of rotatable bonds is 4. The van der Waals surface area contributed by atoms with Crippen molar-refractivity contribution in [2.75, 3.05) is 5.73 Å². The lowest BCUT2D eigenvalue weighted by molar-refractivity contribution is -0.123. The van der Waals surface area contributed by atoms with Crippen molar-refractivity contribution in [3.63, 3.8) is 0 Å². The van der Waals surface area contributed by atoms with Crippen molar-refractivity contribution in [1.29, 1.82) is 0 Å². The van der Waals surface area contributed by atoms with Crippen LogP contribution in [0, 0.1) is 0 Å². The van der Waals surface area contributed by atoms with Crippen LogP contribution in [0.25, 0.3) is 17.4 Å². The standard InChI is InChI=1S/C19H15N3O3S/c20-13-5-3-12(4-6-13)17-8-7-14(25-17)10-16-18(23)22(19(24)21-16)11-15-2-1-9-26-15/h1-10H,11,20H2,(H,21,24)/b16-10+. The van der Waals surface area contributed by atoms with Crippen LogP contribution < -0.4 is 11.1 Å². The maximum absolute atomic E-state index is 12.5. The summed E-state index contributed by atoms with van der Waals surface area (Å²) in [5.74, 6) is 0.774. The lowest BCUT2D eigenvalue weighted by atomic mass is 10.1. The van der Waals surface area contributed by atoms with Gasteiger partial charge >= 0.3 is 6.03 Å². The van der Waals surface area contributed by atoms with Crippen LogP contribution in [-0.2, 0) is 11.3 Å². The van der Waals surface area contributed by atoms with Crippen LogP contribution in [0.1, 0.15) is 10.6 Å². The highest BCUT2D eigenvalue weighted by atomic mass is 32.1. The first-order valence-corrected chi connectivity index (χ1v) is 8.81. The van der Waals surface area contributed by atoms with Crippen LogP contribution in [0.3, 0.4) is 0 Å².